The van der Waals surface area contributed by atoms with E-state index in [0.717, 1.165) is 12.2 Å². The van der Waals surface area contributed by atoms with Gasteiger partial charge < -0.3 is 10.1 Å². The van der Waals surface area contributed by atoms with Gasteiger partial charge in [-0.05, 0) is 47.7 Å². The zero-order valence-corrected chi connectivity index (χ0v) is 13.3. The number of hydrogen-bond donors (Lipinski definition) is 1. The Kier molecular flexibility index (Phi) is 4.32. The number of rotatable bonds is 6. The van der Waals surface area contributed by atoms with Crippen LogP contribution in [0.15, 0.2) is 36.4 Å². The fourth-order valence-corrected chi connectivity index (χ4v) is 2.51. The van der Waals surface area contributed by atoms with Crippen LogP contribution in [0.1, 0.15) is 32.3 Å². The molecule has 3 nitrogen and oxygen atoms in total. The molecule has 3 heteroatoms. The lowest BCUT2D eigenvalue weighted by atomic mass is 10.0. The Morgan fingerprint density at radius 1 is 1.27 bits per heavy atom. The van der Waals surface area contributed by atoms with Gasteiger partial charge in [-0.25, -0.2) is 0 Å². The van der Waals surface area contributed by atoms with Crippen LogP contribution >= 0.6 is 0 Å². The predicted octanol–water partition coefficient (Wildman–Crippen LogP) is 3.70. The second-order valence-corrected chi connectivity index (χ2v) is 6.31. The fourth-order valence-electron chi connectivity index (χ4n) is 2.51. The summed E-state index contributed by atoms with van der Waals surface area (Å²) in [5.41, 5.74) is 1.25. The lowest BCUT2D eigenvalue weighted by molar-refractivity contribution is -0.123. The summed E-state index contributed by atoms with van der Waals surface area (Å²) in [6.07, 6.45) is 3.58. The van der Waals surface area contributed by atoms with Gasteiger partial charge in [0.25, 0.3) is 0 Å². The Morgan fingerprint density at radius 3 is 2.82 bits per heavy atom. The first kappa shape index (κ1) is 14.9. The molecule has 0 bridgehead atoms. The van der Waals surface area contributed by atoms with E-state index in [9.17, 15) is 4.79 Å². The molecule has 1 aliphatic rings. The van der Waals surface area contributed by atoms with Gasteiger partial charge in [-0.15, -0.1) is 0 Å². The smallest absolute Gasteiger partial charge is 0.222 e. The van der Waals surface area contributed by atoms with Crippen LogP contribution in [0.25, 0.3) is 10.8 Å². The van der Waals surface area contributed by atoms with E-state index in [0.29, 0.717) is 12.6 Å². The van der Waals surface area contributed by atoms with Gasteiger partial charge in [0.1, 0.15) is 5.75 Å². The Labute approximate surface area is 131 Å². The molecule has 0 heterocycles. The van der Waals surface area contributed by atoms with E-state index in [-0.39, 0.29) is 11.8 Å². The van der Waals surface area contributed by atoms with E-state index in [4.69, 9.17) is 4.74 Å². The maximum absolute atomic E-state index is 11.6. The molecule has 0 spiro atoms. The molecule has 1 N–H and O–H groups in total. The highest BCUT2D eigenvalue weighted by atomic mass is 16.5. The molecular formula is C19H23NO2. The third kappa shape index (κ3) is 3.59. The zero-order chi connectivity index (χ0) is 15.5. The van der Waals surface area contributed by atoms with Crippen molar-refractivity contribution in [1.29, 1.82) is 0 Å². The van der Waals surface area contributed by atoms with E-state index < -0.39 is 0 Å². The summed E-state index contributed by atoms with van der Waals surface area (Å²) in [5, 5.41) is 5.42. The summed E-state index contributed by atoms with van der Waals surface area (Å²) >= 11 is 0. The summed E-state index contributed by atoms with van der Waals surface area (Å²) in [5.74, 6) is 1.10. The molecule has 3 rings (SSSR count). The molecular weight excluding hydrogens is 274 g/mol. The van der Waals surface area contributed by atoms with Crippen molar-refractivity contribution in [1.82, 2.24) is 5.32 Å². The SMILES string of the molecule is CC(C)C(=O)NCCc1cccc2ccc(OC3CC3)cc12. The number of hydrogen-bond acceptors (Lipinski definition) is 2. The van der Waals surface area contributed by atoms with Gasteiger partial charge >= 0.3 is 0 Å². The Morgan fingerprint density at radius 2 is 2.09 bits per heavy atom. The third-order valence-corrected chi connectivity index (χ3v) is 3.99. The van der Waals surface area contributed by atoms with Gasteiger partial charge in [0.15, 0.2) is 0 Å². The van der Waals surface area contributed by atoms with Crippen LogP contribution in [-0.2, 0) is 11.2 Å². The number of nitrogens with one attached hydrogen (secondary N) is 1. The molecule has 2 aromatic carbocycles. The first-order valence-corrected chi connectivity index (χ1v) is 8.09. The van der Waals surface area contributed by atoms with Crippen LogP contribution in [0.3, 0.4) is 0 Å². The van der Waals surface area contributed by atoms with Crippen LogP contribution in [0.5, 0.6) is 5.75 Å². The number of benzene rings is 2. The van der Waals surface area contributed by atoms with Crippen LogP contribution in [0, 0.1) is 5.92 Å². The normalized spacial score (nSPS) is 14.3. The van der Waals surface area contributed by atoms with Crippen molar-refractivity contribution in [2.24, 2.45) is 5.92 Å². The highest BCUT2D eigenvalue weighted by Gasteiger charge is 2.23. The number of carbonyl (C=O) groups is 1. The molecule has 0 unspecified atom stereocenters. The molecule has 0 aromatic heterocycles. The summed E-state index contributed by atoms with van der Waals surface area (Å²) in [6.45, 7) is 4.49. The summed E-state index contributed by atoms with van der Waals surface area (Å²) in [6, 6.07) is 12.6. The second kappa shape index (κ2) is 6.39. The molecule has 0 saturated heterocycles. The topological polar surface area (TPSA) is 38.3 Å². The van der Waals surface area contributed by atoms with Crippen molar-refractivity contribution in [3.8, 4) is 5.75 Å². The number of amides is 1. The maximum atomic E-state index is 11.6. The largest absolute Gasteiger partial charge is 0.490 e. The summed E-state index contributed by atoms with van der Waals surface area (Å²) in [7, 11) is 0. The lowest BCUT2D eigenvalue weighted by Gasteiger charge is -2.11. The van der Waals surface area contributed by atoms with Crippen LogP contribution in [0.2, 0.25) is 0 Å². The van der Waals surface area contributed by atoms with Gasteiger partial charge in [-0.3, -0.25) is 4.79 Å². The van der Waals surface area contributed by atoms with Gasteiger partial charge in [-0.2, -0.15) is 0 Å². The Hall–Kier alpha value is -2.03. The van der Waals surface area contributed by atoms with E-state index in [1.807, 2.05) is 19.9 Å². The first-order valence-electron chi connectivity index (χ1n) is 8.09. The monoisotopic (exact) mass is 297 g/mol. The average Bonchev–Trinajstić information content (AvgIpc) is 3.31. The van der Waals surface area contributed by atoms with Gasteiger partial charge in [0, 0.05) is 12.5 Å². The molecule has 1 aliphatic carbocycles. The van der Waals surface area contributed by atoms with Crippen LogP contribution in [0.4, 0.5) is 0 Å². The lowest BCUT2D eigenvalue weighted by Crippen LogP contribution is -2.29. The van der Waals surface area contributed by atoms with Crippen molar-refractivity contribution < 1.29 is 9.53 Å². The van der Waals surface area contributed by atoms with E-state index in [2.05, 4.69) is 35.6 Å². The minimum absolute atomic E-state index is 0.0334. The third-order valence-electron chi connectivity index (χ3n) is 3.99. The fraction of sp³-hybridized carbons (Fsp3) is 0.421. The molecule has 0 radical (unpaired) electrons. The average molecular weight is 297 g/mol. The molecule has 1 saturated carbocycles. The highest BCUT2D eigenvalue weighted by Crippen LogP contribution is 2.30. The van der Waals surface area contributed by atoms with Gasteiger partial charge in [0.2, 0.25) is 5.91 Å². The molecule has 1 fully saturated rings. The number of carbonyl (C=O) groups excluding carboxylic acids is 1. The molecule has 2 aromatic rings. The molecule has 22 heavy (non-hydrogen) atoms. The first-order chi connectivity index (χ1) is 10.6. The molecule has 1 amide bonds. The van der Waals surface area contributed by atoms with Gasteiger partial charge in [-0.1, -0.05) is 38.1 Å². The van der Waals surface area contributed by atoms with Crippen molar-refractivity contribution in [3.05, 3.63) is 42.0 Å². The number of ether oxygens (including phenoxy) is 1. The number of fused-ring (bicyclic) bond motifs is 1. The Bertz CT molecular complexity index is 674. The van der Waals surface area contributed by atoms with Crippen LogP contribution in [-0.4, -0.2) is 18.6 Å². The zero-order valence-electron chi connectivity index (χ0n) is 13.3. The van der Waals surface area contributed by atoms with E-state index in [1.165, 1.54) is 29.2 Å². The summed E-state index contributed by atoms with van der Waals surface area (Å²) < 4.78 is 5.89. The van der Waals surface area contributed by atoms with Crippen molar-refractivity contribution in [2.45, 2.75) is 39.2 Å². The minimum Gasteiger partial charge on any atom is -0.490 e. The Balaban J connectivity index is 1.74. The molecule has 116 valence electrons. The van der Waals surface area contributed by atoms with Gasteiger partial charge in [0.05, 0.1) is 6.10 Å². The summed E-state index contributed by atoms with van der Waals surface area (Å²) in [4.78, 5) is 11.6. The van der Waals surface area contributed by atoms with Crippen molar-refractivity contribution in [3.63, 3.8) is 0 Å². The predicted molar refractivity (Wildman–Crippen MR) is 89.1 cm³/mol. The standard InChI is InChI=1S/C19H23NO2/c1-13(2)19(21)20-11-10-15-5-3-4-14-6-7-17(12-18(14)15)22-16-8-9-16/h3-7,12-13,16H,8-11H2,1-2H3,(H,20,21). The van der Waals surface area contributed by atoms with Crippen molar-refractivity contribution in [2.75, 3.05) is 6.54 Å². The maximum Gasteiger partial charge on any atom is 0.222 e. The van der Waals surface area contributed by atoms with E-state index in [1.54, 1.807) is 0 Å². The van der Waals surface area contributed by atoms with Crippen molar-refractivity contribution >= 4 is 16.7 Å². The quantitative estimate of drug-likeness (QED) is 0.883. The minimum atomic E-state index is 0.0334. The van der Waals surface area contributed by atoms with E-state index >= 15 is 0 Å². The van der Waals surface area contributed by atoms with Crippen LogP contribution < -0.4 is 10.1 Å². The second-order valence-electron chi connectivity index (χ2n) is 6.31. The molecule has 0 atom stereocenters. The highest BCUT2D eigenvalue weighted by molar-refractivity contribution is 5.87. The molecule has 0 aliphatic heterocycles.